The molecule has 0 aliphatic heterocycles. The third kappa shape index (κ3) is 3.76. The Morgan fingerprint density at radius 1 is 1.72 bits per heavy atom. The Morgan fingerprint density at radius 3 is 3.00 bits per heavy atom. The third-order valence-corrected chi connectivity index (χ3v) is 1.96. The number of nitrogen functional groups attached to an aromatic ring is 1. The molecule has 0 bridgehead atoms. The minimum absolute atomic E-state index is 0.0295. The number of hydrogen-bond donors (Lipinski definition) is 4. The highest BCUT2D eigenvalue weighted by molar-refractivity contribution is 5.56. The average molecular weight is 258 g/mol. The normalized spacial score (nSPS) is 11.9. The topological polar surface area (TPSA) is 148 Å². The highest BCUT2D eigenvalue weighted by Crippen LogP contribution is 2.21. The van der Waals surface area contributed by atoms with Crippen LogP contribution in [0.3, 0.4) is 0 Å². The summed E-state index contributed by atoms with van der Waals surface area (Å²) in [6.07, 6.45) is 0.214. The van der Waals surface area contributed by atoms with Gasteiger partial charge in [0.05, 0.1) is 17.6 Å². The molecule has 0 spiro atoms. The lowest BCUT2D eigenvalue weighted by molar-refractivity contribution is -0.384. The molecule has 1 aromatic heterocycles. The molecule has 0 radical (unpaired) electrons. The number of aliphatic hydroxyl groups excluding tert-OH is 1. The first-order chi connectivity index (χ1) is 8.58. The molecule has 0 aromatic carbocycles. The van der Waals surface area contributed by atoms with Crippen LogP contribution in [0.5, 0.6) is 0 Å². The summed E-state index contributed by atoms with van der Waals surface area (Å²) in [6.45, 7) is 0.156. The van der Waals surface area contributed by atoms with Crippen LogP contribution in [-0.2, 0) is 4.74 Å². The van der Waals surface area contributed by atoms with Crippen molar-refractivity contribution in [3.05, 3.63) is 16.3 Å². The number of methoxy groups -OCH3 is 1. The molecule has 0 aliphatic rings. The van der Waals surface area contributed by atoms with E-state index in [4.69, 9.17) is 10.6 Å². The minimum atomic E-state index is -0.807. The quantitative estimate of drug-likeness (QED) is 0.277. The number of hydrazine groups is 1. The summed E-state index contributed by atoms with van der Waals surface area (Å²) in [6, 6.07) is 0. The van der Waals surface area contributed by atoms with Gasteiger partial charge in [0.15, 0.2) is 0 Å². The Kier molecular flexibility index (Phi) is 5.17. The van der Waals surface area contributed by atoms with E-state index >= 15 is 0 Å². The van der Waals surface area contributed by atoms with Crippen molar-refractivity contribution in [2.24, 2.45) is 5.84 Å². The maximum atomic E-state index is 10.7. The fourth-order valence-corrected chi connectivity index (χ4v) is 1.17. The van der Waals surface area contributed by atoms with Crippen LogP contribution in [0.4, 0.5) is 17.5 Å². The van der Waals surface area contributed by atoms with E-state index in [2.05, 4.69) is 20.7 Å². The SMILES string of the molecule is COCC(O)CNc1nc(NN)ncc1[N+](=O)[O-]. The Morgan fingerprint density at radius 2 is 2.44 bits per heavy atom. The maximum Gasteiger partial charge on any atom is 0.329 e. The van der Waals surface area contributed by atoms with Gasteiger partial charge in [-0.05, 0) is 0 Å². The molecule has 0 saturated carbocycles. The molecule has 5 N–H and O–H groups in total. The Balaban J connectivity index is 2.80. The van der Waals surface area contributed by atoms with Gasteiger partial charge in [0.1, 0.15) is 6.20 Å². The van der Waals surface area contributed by atoms with Crippen molar-refractivity contribution in [1.82, 2.24) is 9.97 Å². The number of ether oxygens (including phenoxy) is 1. The Hall–Kier alpha value is -2.04. The van der Waals surface area contributed by atoms with Gasteiger partial charge in [-0.25, -0.2) is 10.8 Å². The van der Waals surface area contributed by atoms with Crippen LogP contribution in [0.15, 0.2) is 6.20 Å². The zero-order valence-electron chi connectivity index (χ0n) is 9.66. The summed E-state index contributed by atoms with van der Waals surface area (Å²) in [5, 5.41) is 22.8. The van der Waals surface area contributed by atoms with Crippen molar-refractivity contribution in [2.45, 2.75) is 6.10 Å². The van der Waals surface area contributed by atoms with Crippen molar-refractivity contribution in [3.8, 4) is 0 Å². The van der Waals surface area contributed by atoms with Crippen LogP contribution >= 0.6 is 0 Å². The zero-order valence-corrected chi connectivity index (χ0v) is 9.66. The van der Waals surface area contributed by atoms with E-state index in [1.54, 1.807) is 0 Å². The smallest absolute Gasteiger partial charge is 0.329 e. The summed E-state index contributed by atoms with van der Waals surface area (Å²) < 4.78 is 4.73. The largest absolute Gasteiger partial charge is 0.389 e. The third-order valence-electron chi connectivity index (χ3n) is 1.96. The number of nitrogens with one attached hydrogen (secondary N) is 2. The van der Waals surface area contributed by atoms with Crippen molar-refractivity contribution < 1.29 is 14.8 Å². The molecular formula is C8H14N6O4. The monoisotopic (exact) mass is 258 g/mol. The fraction of sp³-hybridized carbons (Fsp3) is 0.500. The van der Waals surface area contributed by atoms with Crippen LogP contribution < -0.4 is 16.6 Å². The predicted octanol–water partition coefficient (Wildman–Crippen LogP) is -0.910. The standard InChI is InChI=1S/C8H14N6O4/c1-18-4-5(15)2-10-7-6(14(16)17)3-11-8(12-7)13-9/h3,5,15H,2,4,9H2,1H3,(H2,10,11,12,13). The number of hydrogen-bond acceptors (Lipinski definition) is 9. The number of aromatic nitrogens is 2. The summed E-state index contributed by atoms with van der Waals surface area (Å²) in [4.78, 5) is 17.5. The van der Waals surface area contributed by atoms with Crippen LogP contribution in [0.25, 0.3) is 0 Å². The van der Waals surface area contributed by atoms with E-state index in [9.17, 15) is 15.2 Å². The number of rotatable bonds is 7. The van der Waals surface area contributed by atoms with Crippen LogP contribution in [0.1, 0.15) is 0 Å². The second-order valence-corrected chi connectivity index (χ2v) is 3.32. The van der Waals surface area contributed by atoms with Crippen molar-refractivity contribution in [1.29, 1.82) is 0 Å². The van der Waals surface area contributed by atoms with E-state index in [0.717, 1.165) is 6.20 Å². The maximum absolute atomic E-state index is 10.7. The lowest BCUT2D eigenvalue weighted by atomic mass is 10.3. The number of nitrogens with two attached hydrogens (primary N) is 1. The van der Waals surface area contributed by atoms with Crippen LogP contribution in [0.2, 0.25) is 0 Å². The molecule has 1 aromatic rings. The second-order valence-electron chi connectivity index (χ2n) is 3.32. The van der Waals surface area contributed by atoms with Gasteiger partial charge in [0, 0.05) is 13.7 Å². The van der Waals surface area contributed by atoms with Crippen LogP contribution in [0, 0.1) is 10.1 Å². The Labute approximate surface area is 102 Å². The van der Waals surface area contributed by atoms with Gasteiger partial charge in [-0.2, -0.15) is 4.98 Å². The van der Waals surface area contributed by atoms with Crippen LogP contribution in [-0.4, -0.2) is 46.4 Å². The molecule has 100 valence electrons. The molecule has 10 nitrogen and oxygen atoms in total. The molecule has 0 amide bonds. The number of nitrogens with zero attached hydrogens (tertiary/aromatic N) is 3. The van der Waals surface area contributed by atoms with Gasteiger partial charge in [0.2, 0.25) is 11.8 Å². The summed E-state index contributed by atoms with van der Waals surface area (Å²) in [7, 11) is 1.44. The first-order valence-corrected chi connectivity index (χ1v) is 4.97. The molecule has 0 aliphatic carbocycles. The number of aliphatic hydroxyl groups is 1. The fourth-order valence-electron chi connectivity index (χ4n) is 1.17. The number of nitro groups is 1. The molecule has 1 atom stereocenters. The molecule has 0 saturated heterocycles. The highest BCUT2D eigenvalue weighted by Gasteiger charge is 2.17. The molecule has 0 fully saturated rings. The Bertz CT molecular complexity index is 415. The molecule has 1 unspecified atom stereocenters. The van der Waals surface area contributed by atoms with E-state index in [1.807, 2.05) is 0 Å². The van der Waals surface area contributed by atoms with Gasteiger partial charge >= 0.3 is 5.69 Å². The highest BCUT2D eigenvalue weighted by atomic mass is 16.6. The van der Waals surface area contributed by atoms with Gasteiger partial charge < -0.3 is 15.2 Å². The van der Waals surface area contributed by atoms with E-state index < -0.39 is 11.0 Å². The molecular weight excluding hydrogens is 244 g/mol. The van der Waals surface area contributed by atoms with Gasteiger partial charge in [-0.3, -0.25) is 15.5 Å². The first-order valence-electron chi connectivity index (χ1n) is 4.97. The number of anilines is 2. The molecule has 10 heteroatoms. The van der Waals surface area contributed by atoms with Crippen molar-refractivity contribution >= 4 is 17.5 Å². The second kappa shape index (κ2) is 6.64. The summed E-state index contributed by atoms with van der Waals surface area (Å²) in [5.74, 6) is 5.11. The van der Waals surface area contributed by atoms with Crippen molar-refractivity contribution in [2.75, 3.05) is 31.0 Å². The first kappa shape index (κ1) is 14.0. The summed E-state index contributed by atoms with van der Waals surface area (Å²) in [5.41, 5.74) is 1.87. The average Bonchev–Trinajstić information content (AvgIpc) is 2.36. The van der Waals surface area contributed by atoms with Gasteiger partial charge in [-0.15, -0.1) is 0 Å². The van der Waals surface area contributed by atoms with E-state index in [-0.39, 0.29) is 30.6 Å². The lowest BCUT2D eigenvalue weighted by Crippen LogP contribution is -2.25. The van der Waals surface area contributed by atoms with E-state index in [1.165, 1.54) is 7.11 Å². The minimum Gasteiger partial charge on any atom is -0.389 e. The lowest BCUT2D eigenvalue weighted by Gasteiger charge is -2.11. The van der Waals surface area contributed by atoms with Crippen molar-refractivity contribution in [3.63, 3.8) is 0 Å². The van der Waals surface area contributed by atoms with E-state index in [0.29, 0.717) is 0 Å². The van der Waals surface area contributed by atoms with Gasteiger partial charge in [-0.1, -0.05) is 0 Å². The molecule has 1 rings (SSSR count). The zero-order chi connectivity index (χ0) is 13.5. The van der Waals surface area contributed by atoms with Gasteiger partial charge in [0.25, 0.3) is 0 Å². The molecule has 18 heavy (non-hydrogen) atoms. The summed E-state index contributed by atoms with van der Waals surface area (Å²) >= 11 is 0. The predicted molar refractivity (Wildman–Crippen MR) is 62.9 cm³/mol. The molecule has 1 heterocycles.